The zero-order valence-electron chi connectivity index (χ0n) is 8.92. The third-order valence-corrected chi connectivity index (χ3v) is 4.73. The molecule has 3 atom stereocenters. The number of halogens is 1. The van der Waals surface area contributed by atoms with Crippen LogP contribution in [-0.4, -0.2) is 17.8 Å². The number of amides is 1. The van der Waals surface area contributed by atoms with E-state index in [4.69, 9.17) is 11.6 Å². The Morgan fingerprint density at radius 3 is 2.53 bits per heavy atom. The molecule has 15 heavy (non-hydrogen) atoms. The molecular formula is C12H18ClNO. The first-order valence-corrected chi connectivity index (χ1v) is 6.59. The molecule has 0 radical (unpaired) electrons. The van der Waals surface area contributed by atoms with Gasteiger partial charge in [0.05, 0.1) is 5.38 Å². The average Bonchev–Trinajstić information content (AvgIpc) is 3.14. The van der Waals surface area contributed by atoms with Gasteiger partial charge in [-0.15, -0.1) is 11.6 Å². The molecule has 3 heteroatoms. The van der Waals surface area contributed by atoms with Gasteiger partial charge in [-0.25, -0.2) is 0 Å². The van der Waals surface area contributed by atoms with Crippen LogP contribution in [0.5, 0.6) is 0 Å². The summed E-state index contributed by atoms with van der Waals surface area (Å²) in [5.41, 5.74) is 0. The summed E-state index contributed by atoms with van der Waals surface area (Å²) in [5.74, 6) is 3.00. The van der Waals surface area contributed by atoms with Crippen molar-refractivity contribution in [3.05, 3.63) is 0 Å². The molecule has 3 aliphatic carbocycles. The van der Waals surface area contributed by atoms with E-state index in [0.717, 1.165) is 24.7 Å². The van der Waals surface area contributed by atoms with Crippen LogP contribution in [0.3, 0.4) is 0 Å². The Hall–Kier alpha value is -0.240. The van der Waals surface area contributed by atoms with Crippen molar-refractivity contribution in [1.82, 2.24) is 5.32 Å². The summed E-state index contributed by atoms with van der Waals surface area (Å²) in [7, 11) is 0. The summed E-state index contributed by atoms with van der Waals surface area (Å²) in [5, 5.41) is 3.19. The third kappa shape index (κ3) is 2.15. The number of hydrogen-bond acceptors (Lipinski definition) is 1. The maximum absolute atomic E-state index is 11.8. The second-order valence-electron chi connectivity index (χ2n) is 5.52. The number of carbonyl (C=O) groups is 1. The molecule has 3 saturated carbocycles. The highest BCUT2D eigenvalue weighted by atomic mass is 35.5. The lowest BCUT2D eigenvalue weighted by Crippen LogP contribution is -2.35. The van der Waals surface area contributed by atoms with Gasteiger partial charge < -0.3 is 5.32 Å². The Morgan fingerprint density at radius 1 is 1.27 bits per heavy atom. The summed E-state index contributed by atoms with van der Waals surface area (Å²) in [4.78, 5) is 11.8. The molecule has 0 aromatic carbocycles. The van der Waals surface area contributed by atoms with E-state index < -0.39 is 0 Å². The minimum atomic E-state index is 0.171. The molecule has 1 amide bonds. The number of fused-ring (bicyclic) bond motifs is 1. The van der Waals surface area contributed by atoms with Gasteiger partial charge in [-0.1, -0.05) is 0 Å². The van der Waals surface area contributed by atoms with Crippen LogP contribution < -0.4 is 5.32 Å². The lowest BCUT2D eigenvalue weighted by Gasteiger charge is -2.14. The van der Waals surface area contributed by atoms with Gasteiger partial charge in [-0.2, -0.15) is 0 Å². The van der Waals surface area contributed by atoms with Crippen LogP contribution in [0.15, 0.2) is 0 Å². The molecule has 0 bridgehead atoms. The molecule has 1 N–H and O–H groups in total. The normalized spacial score (nSPS) is 39.7. The summed E-state index contributed by atoms with van der Waals surface area (Å²) in [6.45, 7) is 0.677. The first-order valence-electron chi connectivity index (χ1n) is 6.16. The van der Waals surface area contributed by atoms with Crippen LogP contribution in [0.2, 0.25) is 0 Å². The number of hydrogen-bond donors (Lipinski definition) is 1. The molecule has 2 nitrogen and oxygen atoms in total. The van der Waals surface area contributed by atoms with E-state index in [0.29, 0.717) is 18.4 Å². The van der Waals surface area contributed by atoms with Gasteiger partial charge in [0.2, 0.25) is 5.91 Å². The van der Waals surface area contributed by atoms with Crippen molar-refractivity contribution in [2.75, 3.05) is 6.54 Å². The first-order chi connectivity index (χ1) is 7.24. The average molecular weight is 228 g/mol. The smallest absolute Gasteiger partial charge is 0.223 e. The number of nitrogens with one attached hydrogen (secondary N) is 1. The van der Waals surface area contributed by atoms with Crippen molar-refractivity contribution in [3.63, 3.8) is 0 Å². The number of rotatable bonds is 4. The summed E-state index contributed by atoms with van der Waals surface area (Å²) >= 11 is 6.15. The van der Waals surface area contributed by atoms with Crippen LogP contribution in [0.1, 0.15) is 32.1 Å². The lowest BCUT2D eigenvalue weighted by molar-refractivity contribution is -0.125. The Bertz CT molecular complexity index is 267. The Balaban J connectivity index is 1.40. The molecule has 0 spiro atoms. The highest BCUT2D eigenvalue weighted by Gasteiger charge is 2.48. The fraction of sp³-hybridized carbons (Fsp3) is 0.917. The highest BCUT2D eigenvalue weighted by Crippen LogP contribution is 2.54. The highest BCUT2D eigenvalue weighted by molar-refractivity contribution is 6.21. The second kappa shape index (κ2) is 3.65. The zero-order valence-corrected chi connectivity index (χ0v) is 9.67. The van der Waals surface area contributed by atoms with Gasteiger partial charge in [0.25, 0.3) is 0 Å². The lowest BCUT2D eigenvalue weighted by atomic mass is 10.0. The van der Waals surface area contributed by atoms with Crippen molar-refractivity contribution < 1.29 is 4.79 Å². The van der Waals surface area contributed by atoms with Gasteiger partial charge in [0, 0.05) is 12.5 Å². The van der Waals surface area contributed by atoms with Crippen LogP contribution in [0.25, 0.3) is 0 Å². The number of alkyl halides is 1. The topological polar surface area (TPSA) is 29.1 Å². The van der Waals surface area contributed by atoms with Gasteiger partial charge in [-0.05, 0) is 49.9 Å². The van der Waals surface area contributed by atoms with E-state index in [2.05, 4.69) is 5.32 Å². The SMILES string of the molecule is O=C(NCC(Cl)C1CC1)C1CC2CC2C1. The van der Waals surface area contributed by atoms with E-state index in [9.17, 15) is 4.79 Å². The maximum Gasteiger partial charge on any atom is 0.223 e. The standard InChI is InChI=1S/C12H18ClNO/c13-11(7-1-2-7)6-14-12(15)10-4-8-3-9(8)5-10/h7-11H,1-6H2,(H,14,15). The van der Waals surface area contributed by atoms with Crippen LogP contribution in [-0.2, 0) is 4.79 Å². The first kappa shape index (κ1) is 9.95. The maximum atomic E-state index is 11.8. The zero-order chi connectivity index (χ0) is 10.4. The predicted octanol–water partition coefficient (Wildman–Crippen LogP) is 2.17. The predicted molar refractivity (Wildman–Crippen MR) is 59.7 cm³/mol. The Morgan fingerprint density at radius 2 is 1.93 bits per heavy atom. The quantitative estimate of drug-likeness (QED) is 0.733. The van der Waals surface area contributed by atoms with Gasteiger partial charge in [0.1, 0.15) is 0 Å². The summed E-state index contributed by atoms with van der Waals surface area (Å²) < 4.78 is 0. The van der Waals surface area contributed by atoms with E-state index >= 15 is 0 Å². The third-order valence-electron chi connectivity index (χ3n) is 4.22. The minimum Gasteiger partial charge on any atom is -0.354 e. The van der Waals surface area contributed by atoms with E-state index in [-0.39, 0.29) is 11.3 Å². The fourth-order valence-corrected chi connectivity index (χ4v) is 3.22. The molecular weight excluding hydrogens is 210 g/mol. The van der Waals surface area contributed by atoms with Gasteiger partial charge >= 0.3 is 0 Å². The molecule has 0 aliphatic heterocycles. The van der Waals surface area contributed by atoms with Gasteiger partial charge in [-0.3, -0.25) is 4.79 Å². The Kier molecular flexibility index (Phi) is 2.42. The van der Waals surface area contributed by atoms with Crippen LogP contribution in [0, 0.1) is 23.7 Å². The fourth-order valence-electron chi connectivity index (χ4n) is 2.90. The van der Waals surface area contributed by atoms with E-state index in [1.165, 1.54) is 19.3 Å². The second-order valence-corrected chi connectivity index (χ2v) is 6.08. The van der Waals surface area contributed by atoms with Gasteiger partial charge in [0.15, 0.2) is 0 Å². The monoisotopic (exact) mass is 227 g/mol. The van der Waals surface area contributed by atoms with Crippen LogP contribution >= 0.6 is 11.6 Å². The van der Waals surface area contributed by atoms with Crippen molar-refractivity contribution in [2.45, 2.75) is 37.5 Å². The molecule has 0 aromatic heterocycles. The van der Waals surface area contributed by atoms with Crippen molar-refractivity contribution in [2.24, 2.45) is 23.7 Å². The molecule has 3 fully saturated rings. The summed E-state index contributed by atoms with van der Waals surface area (Å²) in [6, 6.07) is 0. The van der Waals surface area contributed by atoms with Crippen molar-refractivity contribution >= 4 is 17.5 Å². The minimum absolute atomic E-state index is 0.171. The molecule has 3 rings (SSSR count). The molecule has 0 aromatic rings. The molecule has 3 unspecified atom stereocenters. The molecule has 0 heterocycles. The van der Waals surface area contributed by atoms with Crippen molar-refractivity contribution in [3.8, 4) is 0 Å². The molecule has 0 saturated heterocycles. The Labute approximate surface area is 95.8 Å². The van der Waals surface area contributed by atoms with Crippen molar-refractivity contribution in [1.29, 1.82) is 0 Å². The van der Waals surface area contributed by atoms with E-state index in [1.807, 2.05) is 0 Å². The van der Waals surface area contributed by atoms with Crippen LogP contribution in [0.4, 0.5) is 0 Å². The van der Waals surface area contributed by atoms with E-state index in [1.54, 1.807) is 0 Å². The number of carbonyl (C=O) groups excluding carboxylic acids is 1. The summed E-state index contributed by atoms with van der Waals surface area (Å²) in [6.07, 6.45) is 6.14. The molecule has 84 valence electrons. The largest absolute Gasteiger partial charge is 0.354 e. The molecule has 3 aliphatic rings.